The number of aryl methyl sites for hydroxylation is 1. The van der Waals surface area contributed by atoms with E-state index >= 15 is 0 Å². The van der Waals surface area contributed by atoms with Crippen molar-refractivity contribution in [3.63, 3.8) is 0 Å². The van der Waals surface area contributed by atoms with E-state index < -0.39 is 0 Å². The monoisotopic (exact) mass is 363 g/mol. The molecule has 0 aliphatic carbocycles. The summed E-state index contributed by atoms with van der Waals surface area (Å²) >= 11 is 3.30. The van der Waals surface area contributed by atoms with Gasteiger partial charge in [-0.05, 0) is 23.6 Å². The molecular weight excluding hydrogens is 346 g/mol. The van der Waals surface area contributed by atoms with Crippen LogP contribution < -0.4 is 5.32 Å². The quantitative estimate of drug-likeness (QED) is 0.587. The maximum atomic E-state index is 11.8. The minimum Gasteiger partial charge on any atom is -0.468 e. The Morgan fingerprint density at radius 1 is 1.38 bits per heavy atom. The van der Waals surface area contributed by atoms with Crippen LogP contribution in [0.4, 0.5) is 0 Å². The fourth-order valence-corrected chi connectivity index (χ4v) is 3.39. The van der Waals surface area contributed by atoms with Crippen LogP contribution in [0.2, 0.25) is 0 Å². The zero-order valence-electron chi connectivity index (χ0n) is 12.9. The second-order valence-corrected chi connectivity index (χ2v) is 6.89. The predicted octanol–water partition coefficient (Wildman–Crippen LogP) is 3.37. The number of thiophene rings is 1. The lowest BCUT2D eigenvalue weighted by molar-refractivity contribution is -0.121. The second-order valence-electron chi connectivity index (χ2n) is 5.01. The van der Waals surface area contributed by atoms with E-state index in [0.717, 1.165) is 22.8 Å². The summed E-state index contributed by atoms with van der Waals surface area (Å²) in [5, 5.41) is 10.7. The molecule has 126 valence electrons. The standard InChI is InChI=1S/C16H17N3O3S2/c20-14(17-6-9-24-11-13-2-1-7-21-13)3-4-15-18-16(19-22-15)12-5-8-23-10-12/h1-2,5,7-8,10H,3-4,6,9,11H2,(H,17,20). The van der Waals surface area contributed by atoms with Crippen molar-refractivity contribution in [2.75, 3.05) is 12.3 Å². The van der Waals surface area contributed by atoms with Gasteiger partial charge in [-0.15, -0.1) is 0 Å². The number of carbonyl (C=O) groups is 1. The molecule has 3 rings (SSSR count). The third-order valence-corrected chi connectivity index (χ3v) is 4.87. The topological polar surface area (TPSA) is 81.2 Å². The third-order valence-electron chi connectivity index (χ3n) is 3.21. The Kier molecular flexibility index (Phi) is 6.08. The SMILES string of the molecule is O=C(CCc1nc(-c2ccsc2)no1)NCCSCc1ccco1. The van der Waals surface area contributed by atoms with Gasteiger partial charge in [0.25, 0.3) is 0 Å². The van der Waals surface area contributed by atoms with Gasteiger partial charge < -0.3 is 14.3 Å². The molecule has 1 amide bonds. The highest BCUT2D eigenvalue weighted by Gasteiger charge is 2.10. The Morgan fingerprint density at radius 2 is 2.33 bits per heavy atom. The van der Waals surface area contributed by atoms with Crippen LogP contribution in [0.1, 0.15) is 18.1 Å². The average molecular weight is 363 g/mol. The van der Waals surface area contributed by atoms with Crippen molar-refractivity contribution in [2.45, 2.75) is 18.6 Å². The smallest absolute Gasteiger partial charge is 0.227 e. The molecule has 0 aliphatic heterocycles. The van der Waals surface area contributed by atoms with Gasteiger partial charge in [-0.2, -0.15) is 28.1 Å². The van der Waals surface area contributed by atoms with E-state index in [2.05, 4.69) is 15.5 Å². The van der Waals surface area contributed by atoms with E-state index in [9.17, 15) is 4.79 Å². The van der Waals surface area contributed by atoms with Crippen LogP contribution in [0.15, 0.2) is 44.2 Å². The summed E-state index contributed by atoms with van der Waals surface area (Å²) in [7, 11) is 0. The molecule has 0 saturated heterocycles. The first kappa shape index (κ1) is 16.8. The molecule has 0 fully saturated rings. The van der Waals surface area contributed by atoms with Crippen LogP contribution >= 0.6 is 23.1 Å². The van der Waals surface area contributed by atoms with E-state index in [0.29, 0.717) is 31.1 Å². The summed E-state index contributed by atoms with van der Waals surface area (Å²) < 4.78 is 10.4. The molecule has 3 aromatic rings. The Hall–Kier alpha value is -2.06. The number of amides is 1. The zero-order chi connectivity index (χ0) is 16.6. The number of rotatable bonds is 9. The lowest BCUT2D eigenvalue weighted by Crippen LogP contribution is -2.25. The largest absolute Gasteiger partial charge is 0.468 e. The van der Waals surface area contributed by atoms with Crippen LogP contribution in [0.5, 0.6) is 0 Å². The van der Waals surface area contributed by atoms with Gasteiger partial charge >= 0.3 is 0 Å². The van der Waals surface area contributed by atoms with Gasteiger partial charge in [-0.3, -0.25) is 4.79 Å². The maximum absolute atomic E-state index is 11.8. The number of carbonyl (C=O) groups excluding carboxylic acids is 1. The Morgan fingerprint density at radius 3 is 3.12 bits per heavy atom. The molecule has 0 spiro atoms. The van der Waals surface area contributed by atoms with Crippen molar-refractivity contribution in [2.24, 2.45) is 0 Å². The van der Waals surface area contributed by atoms with E-state index in [1.807, 2.05) is 29.0 Å². The van der Waals surface area contributed by atoms with Gasteiger partial charge in [0.2, 0.25) is 17.6 Å². The number of aromatic nitrogens is 2. The Bertz CT molecular complexity index is 739. The third kappa shape index (κ3) is 4.97. The minimum absolute atomic E-state index is 0.0103. The van der Waals surface area contributed by atoms with Crippen molar-refractivity contribution in [1.29, 1.82) is 0 Å². The average Bonchev–Trinajstić information content (AvgIpc) is 3.33. The highest BCUT2D eigenvalue weighted by atomic mass is 32.2. The maximum Gasteiger partial charge on any atom is 0.227 e. The highest BCUT2D eigenvalue weighted by Crippen LogP contribution is 2.19. The molecule has 6 nitrogen and oxygen atoms in total. The number of hydrogen-bond acceptors (Lipinski definition) is 7. The summed E-state index contributed by atoms with van der Waals surface area (Å²) in [6.07, 6.45) is 2.45. The fraction of sp³-hybridized carbons (Fsp3) is 0.312. The van der Waals surface area contributed by atoms with Gasteiger partial charge in [0.05, 0.1) is 12.0 Å². The summed E-state index contributed by atoms with van der Waals surface area (Å²) in [6.45, 7) is 0.633. The molecule has 3 aromatic heterocycles. The molecule has 24 heavy (non-hydrogen) atoms. The van der Waals surface area contributed by atoms with Crippen LogP contribution in [0.3, 0.4) is 0 Å². The van der Waals surface area contributed by atoms with Gasteiger partial charge in [-0.1, -0.05) is 5.16 Å². The Balaban J connectivity index is 1.31. The van der Waals surface area contributed by atoms with Crippen LogP contribution in [-0.2, 0) is 17.0 Å². The Labute approximate surface area is 147 Å². The summed E-state index contributed by atoms with van der Waals surface area (Å²) in [5.41, 5.74) is 0.938. The van der Waals surface area contributed by atoms with Gasteiger partial charge in [0.1, 0.15) is 5.76 Å². The molecule has 1 N–H and O–H groups in total. The first-order valence-electron chi connectivity index (χ1n) is 7.53. The lowest BCUT2D eigenvalue weighted by atomic mass is 10.3. The molecule has 0 unspecified atom stereocenters. The van der Waals surface area contributed by atoms with Crippen LogP contribution in [-0.4, -0.2) is 28.3 Å². The summed E-state index contributed by atoms with van der Waals surface area (Å²) in [4.78, 5) is 16.1. The molecule has 8 heteroatoms. The van der Waals surface area contributed by atoms with Crippen molar-refractivity contribution in [1.82, 2.24) is 15.5 Å². The molecule has 0 aromatic carbocycles. The number of nitrogens with one attached hydrogen (secondary N) is 1. The van der Waals surface area contributed by atoms with Crippen LogP contribution in [0, 0.1) is 0 Å². The first-order chi connectivity index (χ1) is 11.8. The number of furan rings is 1. The molecule has 0 aliphatic rings. The van der Waals surface area contributed by atoms with E-state index in [1.165, 1.54) is 0 Å². The summed E-state index contributed by atoms with van der Waals surface area (Å²) in [5.74, 6) is 3.65. The van der Waals surface area contributed by atoms with Gasteiger partial charge in [-0.25, -0.2) is 0 Å². The van der Waals surface area contributed by atoms with Crippen LogP contribution in [0.25, 0.3) is 11.4 Å². The fourth-order valence-electron chi connectivity index (χ4n) is 2.00. The second kappa shape index (κ2) is 8.70. The number of hydrogen-bond donors (Lipinski definition) is 1. The number of thioether (sulfide) groups is 1. The number of nitrogens with zero attached hydrogens (tertiary/aromatic N) is 2. The molecular formula is C16H17N3O3S2. The minimum atomic E-state index is -0.0103. The highest BCUT2D eigenvalue weighted by molar-refractivity contribution is 7.98. The molecule has 0 radical (unpaired) electrons. The first-order valence-corrected chi connectivity index (χ1v) is 9.63. The van der Waals surface area contributed by atoms with Crippen molar-refractivity contribution in [3.8, 4) is 11.4 Å². The van der Waals surface area contributed by atoms with Crippen molar-refractivity contribution < 1.29 is 13.7 Å². The van der Waals surface area contributed by atoms with E-state index in [4.69, 9.17) is 8.94 Å². The van der Waals surface area contributed by atoms with E-state index in [-0.39, 0.29) is 5.91 Å². The van der Waals surface area contributed by atoms with E-state index in [1.54, 1.807) is 29.4 Å². The molecule has 0 atom stereocenters. The molecule has 3 heterocycles. The predicted molar refractivity (Wildman–Crippen MR) is 93.8 cm³/mol. The summed E-state index contributed by atoms with van der Waals surface area (Å²) in [6, 6.07) is 5.76. The lowest BCUT2D eigenvalue weighted by Gasteiger charge is -2.03. The molecule has 0 saturated carbocycles. The zero-order valence-corrected chi connectivity index (χ0v) is 14.6. The van der Waals surface area contributed by atoms with Crippen molar-refractivity contribution >= 4 is 29.0 Å². The molecule has 0 bridgehead atoms. The van der Waals surface area contributed by atoms with Crippen molar-refractivity contribution in [3.05, 3.63) is 46.9 Å². The normalized spacial score (nSPS) is 10.8. The van der Waals surface area contributed by atoms with Gasteiger partial charge in [0.15, 0.2) is 0 Å². The van der Waals surface area contributed by atoms with Gasteiger partial charge in [0, 0.05) is 36.1 Å².